The molecule has 0 radical (unpaired) electrons. The van der Waals surface area contributed by atoms with E-state index in [1.807, 2.05) is 6.07 Å². The topological polar surface area (TPSA) is 81.3 Å². The molecule has 1 amide bonds. The number of nitrogen functional groups attached to an aromatic ring is 1. The van der Waals surface area contributed by atoms with Gasteiger partial charge in [-0.2, -0.15) is 0 Å². The Balaban J connectivity index is 1.62. The number of ether oxygens (including phenoxy) is 1. The molecule has 136 valence electrons. The summed E-state index contributed by atoms with van der Waals surface area (Å²) in [5.74, 6) is 1.12. The van der Waals surface area contributed by atoms with Gasteiger partial charge in [-0.15, -0.1) is 0 Å². The van der Waals surface area contributed by atoms with Crippen molar-refractivity contribution in [1.29, 1.82) is 0 Å². The Morgan fingerprint density at radius 1 is 1.07 bits per heavy atom. The molecule has 3 aromatic rings. The van der Waals surface area contributed by atoms with E-state index in [0.29, 0.717) is 51.7 Å². The molecule has 1 aromatic heterocycles. The van der Waals surface area contributed by atoms with Gasteiger partial charge in [0.25, 0.3) is 5.91 Å². The molecule has 0 aliphatic carbocycles. The van der Waals surface area contributed by atoms with Gasteiger partial charge in [-0.1, -0.05) is 23.2 Å². The predicted molar refractivity (Wildman–Crippen MR) is 105 cm³/mol. The second-order valence-electron chi connectivity index (χ2n) is 5.99. The summed E-state index contributed by atoms with van der Waals surface area (Å²) < 4.78 is 5.84. The van der Waals surface area contributed by atoms with Crippen LogP contribution in [0.5, 0.6) is 11.5 Å². The number of nitrogens with zero attached hydrogens (tertiary/aromatic N) is 3. The van der Waals surface area contributed by atoms with Gasteiger partial charge in [0.1, 0.15) is 5.75 Å². The standard InChI is InChI=1S/C19H14Cl2N4O2/c20-15-9-12(22)10-16(21)17(15)27-13-2-3-14-11(8-13)4-7-25(18(14)26)19-23-5-1-6-24-19/h1-3,5-6,8-10H,4,7,22H2. The van der Waals surface area contributed by atoms with E-state index in [1.165, 1.54) is 0 Å². The number of hydrogen-bond donors (Lipinski definition) is 1. The molecule has 4 rings (SSSR count). The monoisotopic (exact) mass is 400 g/mol. The van der Waals surface area contributed by atoms with Gasteiger partial charge < -0.3 is 10.5 Å². The lowest BCUT2D eigenvalue weighted by Gasteiger charge is -2.27. The fourth-order valence-electron chi connectivity index (χ4n) is 2.94. The minimum Gasteiger partial charge on any atom is -0.454 e. The molecule has 6 nitrogen and oxygen atoms in total. The van der Waals surface area contributed by atoms with Gasteiger partial charge in [-0.3, -0.25) is 9.69 Å². The van der Waals surface area contributed by atoms with Crippen LogP contribution in [-0.4, -0.2) is 22.4 Å². The van der Waals surface area contributed by atoms with Gasteiger partial charge in [-0.25, -0.2) is 9.97 Å². The normalized spacial score (nSPS) is 13.4. The van der Waals surface area contributed by atoms with E-state index in [9.17, 15) is 4.79 Å². The zero-order valence-electron chi connectivity index (χ0n) is 14.0. The predicted octanol–water partition coefficient (Wildman–Crippen LogP) is 4.36. The van der Waals surface area contributed by atoms with Crippen LogP contribution in [-0.2, 0) is 6.42 Å². The SMILES string of the molecule is Nc1cc(Cl)c(Oc2ccc3c(c2)CCN(c2ncccn2)C3=O)c(Cl)c1. The lowest BCUT2D eigenvalue weighted by atomic mass is 9.99. The zero-order valence-corrected chi connectivity index (χ0v) is 15.5. The average Bonchev–Trinajstić information content (AvgIpc) is 2.65. The first-order chi connectivity index (χ1) is 13.0. The molecule has 2 N–H and O–H groups in total. The van der Waals surface area contributed by atoms with Crippen molar-refractivity contribution >= 4 is 40.7 Å². The van der Waals surface area contributed by atoms with E-state index in [-0.39, 0.29) is 5.91 Å². The van der Waals surface area contributed by atoms with E-state index in [0.717, 1.165) is 5.56 Å². The van der Waals surface area contributed by atoms with Crippen LogP contribution >= 0.6 is 23.2 Å². The molecule has 1 aliphatic heterocycles. The van der Waals surface area contributed by atoms with Gasteiger partial charge in [0.05, 0.1) is 10.0 Å². The first-order valence-electron chi connectivity index (χ1n) is 8.17. The van der Waals surface area contributed by atoms with Crippen LogP contribution in [0.1, 0.15) is 15.9 Å². The largest absolute Gasteiger partial charge is 0.454 e. The molecular formula is C19H14Cl2N4O2. The Morgan fingerprint density at radius 3 is 2.48 bits per heavy atom. The Kier molecular flexibility index (Phi) is 4.59. The number of rotatable bonds is 3. The molecular weight excluding hydrogens is 387 g/mol. The number of amides is 1. The van der Waals surface area contributed by atoms with Gasteiger partial charge >= 0.3 is 0 Å². The molecule has 0 saturated carbocycles. The summed E-state index contributed by atoms with van der Waals surface area (Å²) in [6.07, 6.45) is 3.88. The van der Waals surface area contributed by atoms with Crippen molar-refractivity contribution in [3.8, 4) is 11.5 Å². The molecule has 0 unspecified atom stereocenters. The number of anilines is 2. The highest BCUT2D eigenvalue weighted by Crippen LogP contribution is 2.38. The number of carbonyl (C=O) groups is 1. The first-order valence-corrected chi connectivity index (χ1v) is 8.92. The van der Waals surface area contributed by atoms with Crippen molar-refractivity contribution < 1.29 is 9.53 Å². The summed E-state index contributed by atoms with van der Waals surface area (Å²) in [6.45, 7) is 0.489. The van der Waals surface area contributed by atoms with Gasteiger partial charge in [0, 0.05) is 30.2 Å². The summed E-state index contributed by atoms with van der Waals surface area (Å²) >= 11 is 12.3. The van der Waals surface area contributed by atoms with Crippen LogP contribution in [0.25, 0.3) is 0 Å². The second kappa shape index (κ2) is 7.06. The van der Waals surface area contributed by atoms with Crippen LogP contribution in [0.4, 0.5) is 11.6 Å². The number of aromatic nitrogens is 2. The number of benzene rings is 2. The lowest BCUT2D eigenvalue weighted by Crippen LogP contribution is -2.38. The highest BCUT2D eigenvalue weighted by atomic mass is 35.5. The van der Waals surface area contributed by atoms with E-state index in [4.69, 9.17) is 33.7 Å². The molecule has 2 aromatic carbocycles. The molecule has 0 fully saturated rings. The highest BCUT2D eigenvalue weighted by molar-refractivity contribution is 6.37. The van der Waals surface area contributed by atoms with Crippen LogP contribution in [0.2, 0.25) is 10.0 Å². The minimum absolute atomic E-state index is 0.141. The lowest BCUT2D eigenvalue weighted by molar-refractivity contribution is 0.0979. The molecule has 1 aliphatic rings. The highest BCUT2D eigenvalue weighted by Gasteiger charge is 2.27. The summed E-state index contributed by atoms with van der Waals surface area (Å²) in [4.78, 5) is 22.7. The molecule has 8 heteroatoms. The molecule has 27 heavy (non-hydrogen) atoms. The molecule has 2 heterocycles. The van der Waals surface area contributed by atoms with Gasteiger partial charge in [0.15, 0.2) is 5.75 Å². The van der Waals surface area contributed by atoms with Crippen LogP contribution < -0.4 is 15.4 Å². The van der Waals surface area contributed by atoms with Crippen LogP contribution in [0.3, 0.4) is 0 Å². The van der Waals surface area contributed by atoms with E-state index in [2.05, 4.69) is 9.97 Å². The number of hydrogen-bond acceptors (Lipinski definition) is 5. The molecule has 0 spiro atoms. The van der Waals surface area contributed by atoms with E-state index in [1.54, 1.807) is 47.6 Å². The van der Waals surface area contributed by atoms with Crippen molar-refractivity contribution in [2.24, 2.45) is 0 Å². The van der Waals surface area contributed by atoms with Crippen molar-refractivity contribution in [1.82, 2.24) is 9.97 Å². The minimum atomic E-state index is -0.141. The van der Waals surface area contributed by atoms with Crippen molar-refractivity contribution in [2.45, 2.75) is 6.42 Å². The summed E-state index contributed by atoms with van der Waals surface area (Å²) in [5.41, 5.74) is 7.64. The van der Waals surface area contributed by atoms with Crippen molar-refractivity contribution in [3.05, 3.63) is 70.0 Å². The van der Waals surface area contributed by atoms with Gasteiger partial charge in [0.2, 0.25) is 5.95 Å². The summed E-state index contributed by atoms with van der Waals surface area (Å²) in [6, 6.07) is 10.1. The third-order valence-electron chi connectivity index (χ3n) is 4.19. The van der Waals surface area contributed by atoms with Gasteiger partial charge in [-0.05, 0) is 48.4 Å². The number of carbonyl (C=O) groups excluding carboxylic acids is 1. The van der Waals surface area contributed by atoms with E-state index >= 15 is 0 Å². The fourth-order valence-corrected chi connectivity index (χ4v) is 3.53. The number of fused-ring (bicyclic) bond motifs is 1. The maximum Gasteiger partial charge on any atom is 0.260 e. The summed E-state index contributed by atoms with van der Waals surface area (Å²) in [5, 5.41) is 0.641. The van der Waals surface area contributed by atoms with Crippen LogP contribution in [0.15, 0.2) is 48.8 Å². The van der Waals surface area contributed by atoms with Crippen molar-refractivity contribution in [2.75, 3.05) is 17.2 Å². The Labute approximate surface area is 165 Å². The maximum absolute atomic E-state index is 12.8. The molecule has 0 atom stereocenters. The Bertz CT molecular complexity index is 1000. The zero-order chi connectivity index (χ0) is 19.0. The number of nitrogens with two attached hydrogens (primary N) is 1. The first kappa shape index (κ1) is 17.6. The smallest absolute Gasteiger partial charge is 0.260 e. The van der Waals surface area contributed by atoms with E-state index < -0.39 is 0 Å². The Hall–Kier alpha value is -2.83. The average molecular weight is 401 g/mol. The fraction of sp³-hybridized carbons (Fsp3) is 0.105. The quantitative estimate of drug-likeness (QED) is 0.660. The third-order valence-corrected chi connectivity index (χ3v) is 4.75. The third kappa shape index (κ3) is 3.41. The Morgan fingerprint density at radius 2 is 1.78 bits per heavy atom. The number of halogens is 2. The molecule has 0 saturated heterocycles. The molecule has 0 bridgehead atoms. The maximum atomic E-state index is 12.8. The second-order valence-corrected chi connectivity index (χ2v) is 6.80. The van der Waals surface area contributed by atoms with Crippen LogP contribution in [0, 0.1) is 0 Å². The summed E-state index contributed by atoms with van der Waals surface area (Å²) in [7, 11) is 0. The van der Waals surface area contributed by atoms with Crippen molar-refractivity contribution in [3.63, 3.8) is 0 Å².